The van der Waals surface area contributed by atoms with Gasteiger partial charge in [-0.05, 0) is 18.2 Å². The van der Waals surface area contributed by atoms with Crippen molar-refractivity contribution in [2.75, 3.05) is 19.8 Å². The minimum Gasteiger partial charge on any atom is -0.507 e. The van der Waals surface area contributed by atoms with E-state index in [1.54, 1.807) is 0 Å². The van der Waals surface area contributed by atoms with Crippen molar-refractivity contribution in [1.82, 2.24) is 0 Å². The molecule has 2 aromatic rings. The van der Waals surface area contributed by atoms with E-state index in [9.17, 15) is 70.9 Å². The largest absolute Gasteiger partial charge is 0.507 e. The van der Waals surface area contributed by atoms with E-state index < -0.39 is 148 Å². The number of phenols is 3. The summed E-state index contributed by atoms with van der Waals surface area (Å²) in [5.41, 5.74) is -0.0327. The van der Waals surface area contributed by atoms with Gasteiger partial charge in [0.15, 0.2) is 30.0 Å². The Hall–Kier alpha value is -4.60. The molecule has 15 atom stereocenters. The minimum absolute atomic E-state index is 0.0723. The van der Waals surface area contributed by atoms with Crippen LogP contribution in [0.15, 0.2) is 36.1 Å². The Morgan fingerprint density at radius 1 is 0.724 bits per heavy atom. The van der Waals surface area contributed by atoms with Crippen LogP contribution in [0.4, 0.5) is 0 Å². The third kappa shape index (κ3) is 9.01. The molecular weight excluding hydrogens is 788 g/mol. The molecule has 4 aliphatic rings. The first-order valence-corrected chi connectivity index (χ1v) is 17.6. The molecule has 0 amide bonds. The van der Waals surface area contributed by atoms with Gasteiger partial charge >= 0.3 is 11.9 Å². The van der Waals surface area contributed by atoms with Gasteiger partial charge < -0.3 is 104 Å². The third-order valence-corrected chi connectivity index (χ3v) is 9.63. The highest BCUT2D eigenvalue weighted by Crippen LogP contribution is 2.46. The van der Waals surface area contributed by atoms with Crippen molar-refractivity contribution in [1.29, 1.82) is 0 Å². The molecule has 0 saturated carbocycles. The molecule has 3 saturated heterocycles. The van der Waals surface area contributed by atoms with E-state index in [4.69, 9.17) is 43.0 Å². The zero-order chi connectivity index (χ0) is 42.2. The van der Waals surface area contributed by atoms with Gasteiger partial charge in [-0.1, -0.05) is 6.07 Å². The number of benzene rings is 2. The number of fused-ring (bicyclic) bond motifs is 1. The number of hydrogen-bond donors (Lipinski definition) is 13. The van der Waals surface area contributed by atoms with Crippen LogP contribution in [0.25, 0.3) is 6.08 Å². The quantitative estimate of drug-likeness (QED) is 0.0547. The molecule has 0 aliphatic carbocycles. The average molecular weight is 831 g/mol. The zero-order valence-corrected chi connectivity index (χ0v) is 29.8. The lowest BCUT2D eigenvalue weighted by molar-refractivity contribution is -0.352. The molecule has 0 spiro atoms. The van der Waals surface area contributed by atoms with E-state index >= 15 is 0 Å². The molecule has 0 aromatic heterocycles. The summed E-state index contributed by atoms with van der Waals surface area (Å²) in [6.45, 7) is -2.11. The Kier molecular flexibility index (Phi) is 13.1. The highest BCUT2D eigenvalue weighted by atomic mass is 16.8. The van der Waals surface area contributed by atoms with Crippen molar-refractivity contribution in [2.24, 2.45) is 0 Å². The molecule has 58 heavy (non-hydrogen) atoms. The van der Waals surface area contributed by atoms with E-state index in [2.05, 4.69) is 0 Å². The smallest absolute Gasteiger partial charge is 0.317 e. The van der Waals surface area contributed by atoms with Gasteiger partial charge in [0.1, 0.15) is 97.1 Å². The average Bonchev–Trinajstić information content (AvgIpc) is 3.18. The SMILES string of the molecule is O=C(O)CC(=O)OC[C@@H]1O[C@@H](OC2=Cc3c(O)cc(O[C@@H]4O[C@@H](CO)[C@@H](O)[C@H](O)[C@H]4O)cc3OC2c2ccc(O)c(O)c2)[C@@H](O[C@H]2OC[C@@H](O)[C@@H](O)[C@H]2O)[C@@H](O)[C@@H]1O. The first-order chi connectivity index (χ1) is 27.5. The fourth-order valence-electron chi connectivity index (χ4n) is 6.45. The highest BCUT2D eigenvalue weighted by Gasteiger charge is 2.51. The second kappa shape index (κ2) is 17.7. The molecule has 0 radical (unpaired) electrons. The Bertz CT molecular complexity index is 1820. The van der Waals surface area contributed by atoms with Crippen LogP contribution in [-0.2, 0) is 38.0 Å². The summed E-state index contributed by atoms with van der Waals surface area (Å²) in [5, 5.41) is 134. The molecule has 3 fully saturated rings. The van der Waals surface area contributed by atoms with Crippen molar-refractivity contribution in [3.63, 3.8) is 0 Å². The van der Waals surface area contributed by atoms with Crippen LogP contribution in [0.1, 0.15) is 23.7 Å². The van der Waals surface area contributed by atoms with E-state index in [1.807, 2.05) is 0 Å². The van der Waals surface area contributed by atoms with Crippen molar-refractivity contribution in [3.05, 3.63) is 47.2 Å². The Labute approximate surface area is 326 Å². The van der Waals surface area contributed by atoms with E-state index in [0.29, 0.717) is 0 Å². The molecule has 23 nitrogen and oxygen atoms in total. The van der Waals surface area contributed by atoms with E-state index in [0.717, 1.165) is 18.2 Å². The van der Waals surface area contributed by atoms with E-state index in [-0.39, 0.29) is 28.4 Å². The number of esters is 1. The lowest BCUT2D eigenvalue weighted by Gasteiger charge is -2.45. The summed E-state index contributed by atoms with van der Waals surface area (Å²) in [6, 6.07) is 5.73. The number of aliphatic hydroxyl groups is 9. The van der Waals surface area contributed by atoms with Crippen LogP contribution in [-0.4, -0.2) is 184 Å². The zero-order valence-electron chi connectivity index (χ0n) is 29.8. The Balaban J connectivity index is 1.35. The van der Waals surface area contributed by atoms with Gasteiger partial charge in [-0.3, -0.25) is 9.59 Å². The first kappa shape index (κ1) is 43.0. The number of aliphatic carboxylic acids is 1. The van der Waals surface area contributed by atoms with Crippen molar-refractivity contribution in [2.45, 2.75) is 98.5 Å². The number of carbonyl (C=O) groups is 2. The van der Waals surface area contributed by atoms with Crippen molar-refractivity contribution < 1.29 is 114 Å². The molecular formula is C35H42O23. The number of aromatic hydroxyl groups is 3. The fraction of sp³-hybridized carbons (Fsp3) is 0.543. The standard InChI is InChI=1S/C35H42O23/c36-8-20-25(45)27(47)30(50)34(56-20)53-12-4-15(38)13-6-19(31(54-18(13)5-12)11-1-2-14(37)16(39)3-11)55-35-32(58-33-29(49)24(44)17(40)9-52-33)28(48)26(46)21(57-35)10-51-23(43)7-22(41)42/h1-6,17,20-21,24-40,44-50H,7-10H2,(H,41,42)/t17-,20+,21+,24-,25-,26-,27+,28+,29-,30-,31?,32+,33-,34-,35-/m1/s1. The minimum atomic E-state index is -2.02. The number of ether oxygens (including phenoxy) is 8. The lowest BCUT2D eigenvalue weighted by Crippen LogP contribution is -2.63. The maximum atomic E-state index is 12.0. The van der Waals surface area contributed by atoms with Gasteiger partial charge in [0.2, 0.25) is 12.6 Å². The molecule has 0 bridgehead atoms. The number of carboxylic acid groups (broad SMARTS) is 1. The van der Waals surface area contributed by atoms with Crippen LogP contribution in [0.5, 0.6) is 28.7 Å². The number of rotatable bonds is 12. The van der Waals surface area contributed by atoms with Crippen molar-refractivity contribution >= 4 is 18.0 Å². The van der Waals surface area contributed by atoms with Gasteiger partial charge in [-0.15, -0.1) is 0 Å². The summed E-state index contributed by atoms with van der Waals surface area (Å²) in [6.07, 6.45) is -25.9. The Morgan fingerprint density at radius 3 is 2.10 bits per heavy atom. The predicted octanol–water partition coefficient (Wildman–Crippen LogP) is -4.24. The first-order valence-electron chi connectivity index (χ1n) is 17.6. The molecule has 6 rings (SSSR count). The summed E-state index contributed by atoms with van der Waals surface area (Å²) in [5.74, 6) is -5.11. The highest BCUT2D eigenvalue weighted by molar-refractivity contribution is 5.90. The third-order valence-electron chi connectivity index (χ3n) is 9.63. The number of aliphatic hydroxyl groups excluding tert-OH is 9. The number of carbonyl (C=O) groups excluding carboxylic acids is 1. The van der Waals surface area contributed by atoms with Crippen molar-refractivity contribution in [3.8, 4) is 28.7 Å². The van der Waals surface area contributed by atoms with Crippen LogP contribution in [0.3, 0.4) is 0 Å². The second-order valence-corrected chi connectivity index (χ2v) is 13.7. The maximum Gasteiger partial charge on any atom is 0.317 e. The molecule has 320 valence electrons. The van der Waals surface area contributed by atoms with Crippen LogP contribution in [0.2, 0.25) is 0 Å². The summed E-state index contributed by atoms with van der Waals surface area (Å²) < 4.78 is 45.2. The second-order valence-electron chi connectivity index (χ2n) is 13.7. The molecule has 4 heterocycles. The molecule has 2 aromatic carbocycles. The Morgan fingerprint density at radius 2 is 1.41 bits per heavy atom. The number of phenolic OH excluding ortho intramolecular Hbond substituents is 3. The molecule has 23 heteroatoms. The van der Waals surface area contributed by atoms with Gasteiger partial charge in [0, 0.05) is 17.7 Å². The molecule has 13 N–H and O–H groups in total. The van der Waals surface area contributed by atoms with E-state index in [1.165, 1.54) is 18.2 Å². The van der Waals surface area contributed by atoms with Crippen LogP contribution < -0.4 is 9.47 Å². The van der Waals surface area contributed by atoms with Gasteiger partial charge in [0.25, 0.3) is 0 Å². The summed E-state index contributed by atoms with van der Waals surface area (Å²) in [4.78, 5) is 23.0. The van der Waals surface area contributed by atoms with Gasteiger partial charge in [0.05, 0.1) is 18.8 Å². The number of carboxylic acids is 1. The molecule has 1 unspecified atom stereocenters. The van der Waals surface area contributed by atoms with Crippen LogP contribution in [0, 0.1) is 0 Å². The summed E-state index contributed by atoms with van der Waals surface area (Å²) in [7, 11) is 0. The number of hydrogen-bond acceptors (Lipinski definition) is 22. The maximum absolute atomic E-state index is 12.0. The monoisotopic (exact) mass is 830 g/mol. The predicted molar refractivity (Wildman–Crippen MR) is 181 cm³/mol. The molecule has 4 aliphatic heterocycles. The summed E-state index contributed by atoms with van der Waals surface area (Å²) >= 11 is 0. The van der Waals surface area contributed by atoms with Gasteiger partial charge in [-0.2, -0.15) is 0 Å². The van der Waals surface area contributed by atoms with Crippen LogP contribution >= 0.6 is 0 Å². The lowest BCUT2D eigenvalue weighted by atomic mass is 9.97. The topological polar surface area (TPSA) is 371 Å². The van der Waals surface area contributed by atoms with Gasteiger partial charge in [-0.25, -0.2) is 0 Å². The fourth-order valence-corrected chi connectivity index (χ4v) is 6.45. The normalized spacial score (nSPS) is 36.2.